The smallest absolute Gasteiger partial charge is 0.228 e. The van der Waals surface area contributed by atoms with Gasteiger partial charge in [-0.3, -0.25) is 4.79 Å². The number of hydrogen-bond acceptors (Lipinski definition) is 2. The molecule has 0 unspecified atom stereocenters. The molecule has 0 aliphatic heterocycles. The fourth-order valence-electron chi connectivity index (χ4n) is 2.21. The number of nitrogens with one attached hydrogen (secondary N) is 2. The highest BCUT2D eigenvalue weighted by Gasteiger charge is 2.05. The van der Waals surface area contributed by atoms with E-state index in [0.717, 1.165) is 17.8 Å². The van der Waals surface area contributed by atoms with Gasteiger partial charge in [-0.1, -0.05) is 30.3 Å². The zero-order chi connectivity index (χ0) is 15.2. The summed E-state index contributed by atoms with van der Waals surface area (Å²) in [6.45, 7) is 4.97. The van der Waals surface area contributed by atoms with E-state index < -0.39 is 0 Å². The van der Waals surface area contributed by atoms with Crippen molar-refractivity contribution >= 4 is 11.6 Å². The lowest BCUT2D eigenvalue weighted by Gasteiger charge is -2.08. The van der Waals surface area contributed by atoms with E-state index in [2.05, 4.69) is 36.6 Å². The van der Waals surface area contributed by atoms with Crippen LogP contribution in [0.2, 0.25) is 0 Å². The maximum atomic E-state index is 12.1. The second kappa shape index (κ2) is 7.04. The molecule has 0 radical (unpaired) electrons. The third-order valence-corrected chi connectivity index (χ3v) is 3.55. The van der Waals surface area contributed by atoms with Crippen LogP contribution in [0.4, 0.5) is 5.69 Å². The average Bonchev–Trinajstić information content (AvgIpc) is 2.45. The Morgan fingerprint density at radius 1 is 0.952 bits per heavy atom. The van der Waals surface area contributed by atoms with Crippen LogP contribution in [0, 0.1) is 13.8 Å². The lowest BCUT2D eigenvalue weighted by atomic mass is 10.0. The van der Waals surface area contributed by atoms with Gasteiger partial charge in [0.15, 0.2) is 0 Å². The van der Waals surface area contributed by atoms with Crippen LogP contribution >= 0.6 is 0 Å². The van der Waals surface area contributed by atoms with E-state index in [1.165, 1.54) is 16.7 Å². The van der Waals surface area contributed by atoms with Crippen LogP contribution in [-0.4, -0.2) is 13.0 Å². The lowest BCUT2D eigenvalue weighted by Crippen LogP contribution is -2.14. The van der Waals surface area contributed by atoms with Crippen molar-refractivity contribution < 1.29 is 4.79 Å². The molecule has 0 aliphatic rings. The van der Waals surface area contributed by atoms with Crippen LogP contribution < -0.4 is 10.6 Å². The number of carbonyl (C=O) groups is 1. The van der Waals surface area contributed by atoms with E-state index in [1.54, 1.807) is 0 Å². The number of hydrogen-bond donors (Lipinski definition) is 2. The summed E-state index contributed by atoms with van der Waals surface area (Å²) in [5.74, 6) is 0.0135. The van der Waals surface area contributed by atoms with Gasteiger partial charge in [0.25, 0.3) is 0 Å². The lowest BCUT2D eigenvalue weighted by molar-refractivity contribution is -0.115. The Labute approximate surface area is 126 Å². The predicted octanol–water partition coefficient (Wildman–Crippen LogP) is 3.20. The van der Waals surface area contributed by atoms with Crippen molar-refractivity contribution in [3.05, 3.63) is 64.7 Å². The Bertz CT molecular complexity index is 618. The fraction of sp³-hybridized carbons (Fsp3) is 0.278. The molecular weight excluding hydrogens is 260 g/mol. The first-order valence-electron chi connectivity index (χ1n) is 7.18. The van der Waals surface area contributed by atoms with Crippen molar-refractivity contribution in [1.82, 2.24) is 5.32 Å². The summed E-state index contributed by atoms with van der Waals surface area (Å²) < 4.78 is 0. The number of rotatable bonds is 5. The SMILES string of the molecule is CNCc1ccc(NC(=O)Cc2ccc(C)c(C)c2)cc1. The minimum Gasteiger partial charge on any atom is -0.326 e. The predicted molar refractivity (Wildman–Crippen MR) is 87.5 cm³/mol. The molecule has 0 spiro atoms. The van der Waals surface area contributed by atoms with Crippen LogP contribution in [0.25, 0.3) is 0 Å². The first kappa shape index (κ1) is 15.3. The number of benzene rings is 2. The molecule has 0 aromatic heterocycles. The van der Waals surface area contributed by atoms with Crippen LogP contribution in [0.1, 0.15) is 22.3 Å². The number of carbonyl (C=O) groups excluding carboxylic acids is 1. The fourth-order valence-corrected chi connectivity index (χ4v) is 2.21. The molecule has 2 aromatic rings. The van der Waals surface area contributed by atoms with E-state index in [0.29, 0.717) is 6.42 Å². The first-order chi connectivity index (χ1) is 10.1. The summed E-state index contributed by atoms with van der Waals surface area (Å²) in [6.07, 6.45) is 0.402. The zero-order valence-electron chi connectivity index (χ0n) is 12.9. The van der Waals surface area contributed by atoms with E-state index >= 15 is 0 Å². The van der Waals surface area contributed by atoms with E-state index in [-0.39, 0.29) is 5.91 Å². The van der Waals surface area contributed by atoms with Gasteiger partial charge in [0.2, 0.25) is 5.91 Å². The monoisotopic (exact) mass is 282 g/mol. The van der Waals surface area contributed by atoms with Gasteiger partial charge in [-0.15, -0.1) is 0 Å². The quantitative estimate of drug-likeness (QED) is 0.884. The summed E-state index contributed by atoms with van der Waals surface area (Å²) in [6, 6.07) is 14.0. The van der Waals surface area contributed by atoms with Gasteiger partial charge in [0.05, 0.1) is 6.42 Å². The van der Waals surface area contributed by atoms with Gasteiger partial charge in [-0.2, -0.15) is 0 Å². The summed E-state index contributed by atoms with van der Waals surface area (Å²) in [5.41, 5.74) is 5.55. The summed E-state index contributed by atoms with van der Waals surface area (Å²) >= 11 is 0. The van der Waals surface area contributed by atoms with Crippen molar-refractivity contribution in [3.63, 3.8) is 0 Å². The van der Waals surface area contributed by atoms with Crippen molar-refractivity contribution in [2.45, 2.75) is 26.8 Å². The standard InChI is InChI=1S/C18H22N2O/c1-13-4-5-16(10-14(13)2)11-18(21)20-17-8-6-15(7-9-17)12-19-3/h4-10,19H,11-12H2,1-3H3,(H,20,21). The Kier molecular flexibility index (Phi) is 5.12. The Morgan fingerprint density at radius 3 is 2.24 bits per heavy atom. The van der Waals surface area contributed by atoms with Gasteiger partial charge < -0.3 is 10.6 Å². The average molecular weight is 282 g/mol. The molecule has 2 N–H and O–H groups in total. The molecular formula is C18H22N2O. The van der Waals surface area contributed by atoms with Crippen LogP contribution in [0.5, 0.6) is 0 Å². The number of aryl methyl sites for hydroxylation is 2. The van der Waals surface area contributed by atoms with Crippen LogP contribution in [0.3, 0.4) is 0 Å². The summed E-state index contributed by atoms with van der Waals surface area (Å²) in [5, 5.41) is 6.03. The van der Waals surface area contributed by atoms with Crippen molar-refractivity contribution in [3.8, 4) is 0 Å². The Hall–Kier alpha value is -2.13. The largest absolute Gasteiger partial charge is 0.326 e. The van der Waals surface area contributed by atoms with E-state index in [1.807, 2.05) is 37.4 Å². The summed E-state index contributed by atoms with van der Waals surface area (Å²) in [7, 11) is 1.92. The van der Waals surface area contributed by atoms with Gasteiger partial charge in [-0.05, 0) is 55.3 Å². The minimum absolute atomic E-state index is 0.0135. The molecule has 2 aromatic carbocycles. The van der Waals surface area contributed by atoms with Crippen molar-refractivity contribution in [1.29, 1.82) is 0 Å². The second-order valence-electron chi connectivity index (χ2n) is 5.37. The zero-order valence-corrected chi connectivity index (χ0v) is 12.9. The molecule has 1 amide bonds. The molecule has 0 saturated heterocycles. The molecule has 0 fully saturated rings. The highest BCUT2D eigenvalue weighted by Crippen LogP contribution is 2.13. The molecule has 21 heavy (non-hydrogen) atoms. The summed E-state index contributed by atoms with van der Waals surface area (Å²) in [4.78, 5) is 12.1. The Morgan fingerprint density at radius 2 is 1.62 bits per heavy atom. The maximum Gasteiger partial charge on any atom is 0.228 e. The van der Waals surface area contributed by atoms with Crippen molar-refractivity contribution in [2.75, 3.05) is 12.4 Å². The van der Waals surface area contributed by atoms with E-state index in [4.69, 9.17) is 0 Å². The molecule has 0 heterocycles. The van der Waals surface area contributed by atoms with Crippen LogP contribution in [-0.2, 0) is 17.8 Å². The molecule has 0 saturated carbocycles. The molecule has 0 atom stereocenters. The van der Waals surface area contributed by atoms with Gasteiger partial charge in [-0.25, -0.2) is 0 Å². The second-order valence-corrected chi connectivity index (χ2v) is 5.37. The van der Waals surface area contributed by atoms with Crippen LogP contribution in [0.15, 0.2) is 42.5 Å². The normalized spacial score (nSPS) is 10.4. The third kappa shape index (κ3) is 4.43. The Balaban J connectivity index is 1.96. The number of anilines is 1. The molecule has 0 bridgehead atoms. The number of amides is 1. The third-order valence-electron chi connectivity index (χ3n) is 3.55. The van der Waals surface area contributed by atoms with E-state index in [9.17, 15) is 4.79 Å². The maximum absolute atomic E-state index is 12.1. The topological polar surface area (TPSA) is 41.1 Å². The van der Waals surface area contributed by atoms with Gasteiger partial charge >= 0.3 is 0 Å². The highest BCUT2D eigenvalue weighted by atomic mass is 16.1. The molecule has 3 heteroatoms. The minimum atomic E-state index is 0.0135. The molecule has 0 aliphatic carbocycles. The van der Waals surface area contributed by atoms with Gasteiger partial charge in [0.1, 0.15) is 0 Å². The first-order valence-corrected chi connectivity index (χ1v) is 7.18. The highest BCUT2D eigenvalue weighted by molar-refractivity contribution is 5.92. The molecule has 110 valence electrons. The molecule has 2 rings (SSSR count). The van der Waals surface area contributed by atoms with Gasteiger partial charge in [0, 0.05) is 12.2 Å². The molecule has 3 nitrogen and oxygen atoms in total. The van der Waals surface area contributed by atoms with Crippen molar-refractivity contribution in [2.24, 2.45) is 0 Å².